The molecule has 1 fully saturated rings. The zero-order valence-corrected chi connectivity index (χ0v) is 18.0. The second kappa shape index (κ2) is 9.65. The van der Waals surface area contributed by atoms with E-state index in [2.05, 4.69) is 58.6 Å². The van der Waals surface area contributed by atoms with E-state index in [1.54, 1.807) is 27.6 Å². The maximum absolute atomic E-state index is 5.48. The topological polar surface area (TPSA) is 31.0 Å². The third-order valence-electron chi connectivity index (χ3n) is 5.25. The van der Waals surface area contributed by atoms with Gasteiger partial charge in [0.15, 0.2) is 4.80 Å². The number of nitrogens with one attached hydrogen (secondary N) is 1. The van der Waals surface area contributed by atoms with Crippen molar-refractivity contribution in [1.82, 2.24) is 4.57 Å². The SMILES string of the molecule is CCc1ccc(N=c2scc(-c3cccs3)n2CCC[NH+]2CCOCC2)cc1. The Hall–Kier alpha value is -1.73. The highest BCUT2D eigenvalue weighted by Gasteiger charge is 2.14. The minimum Gasteiger partial charge on any atom is -0.370 e. The largest absolute Gasteiger partial charge is 0.370 e. The summed E-state index contributed by atoms with van der Waals surface area (Å²) in [6.07, 6.45) is 2.22. The van der Waals surface area contributed by atoms with E-state index in [0.29, 0.717) is 0 Å². The summed E-state index contributed by atoms with van der Waals surface area (Å²) in [5.74, 6) is 0. The quantitative estimate of drug-likeness (QED) is 0.631. The molecule has 4 rings (SSSR count). The van der Waals surface area contributed by atoms with Gasteiger partial charge in [0.25, 0.3) is 0 Å². The zero-order valence-electron chi connectivity index (χ0n) is 16.4. The molecule has 0 atom stereocenters. The molecular formula is C22H28N3OS2+. The van der Waals surface area contributed by atoms with Crippen LogP contribution in [0.25, 0.3) is 10.6 Å². The van der Waals surface area contributed by atoms with Crippen LogP contribution in [0.5, 0.6) is 0 Å². The predicted molar refractivity (Wildman–Crippen MR) is 118 cm³/mol. The molecule has 1 aliphatic heterocycles. The van der Waals surface area contributed by atoms with E-state index >= 15 is 0 Å². The second-order valence-corrected chi connectivity index (χ2v) is 8.91. The molecule has 0 radical (unpaired) electrons. The molecule has 28 heavy (non-hydrogen) atoms. The third-order valence-corrected chi connectivity index (χ3v) is 7.01. The van der Waals surface area contributed by atoms with Crippen LogP contribution in [0, 0.1) is 0 Å². The normalized spacial score (nSPS) is 16.0. The Morgan fingerprint density at radius 3 is 2.64 bits per heavy atom. The van der Waals surface area contributed by atoms with Gasteiger partial charge in [0.1, 0.15) is 13.1 Å². The average Bonchev–Trinajstić information content (AvgIpc) is 3.40. The smallest absolute Gasteiger partial charge is 0.190 e. The Kier molecular flexibility index (Phi) is 6.75. The first-order chi connectivity index (χ1) is 13.8. The van der Waals surface area contributed by atoms with Gasteiger partial charge in [0.2, 0.25) is 0 Å². The number of thiazole rings is 1. The number of nitrogens with zero attached hydrogens (tertiary/aromatic N) is 2. The Morgan fingerprint density at radius 2 is 1.93 bits per heavy atom. The number of ether oxygens (including phenoxy) is 1. The standard InChI is InChI=1S/C22H27N3OS2/c1-2-18-6-8-19(9-7-18)23-22-25(11-4-10-24-12-14-26-15-13-24)20(17-28-22)21-5-3-16-27-21/h3,5-9,16-17H,2,4,10-15H2,1H3/p+1. The van der Waals surface area contributed by atoms with Crippen LogP contribution in [0.2, 0.25) is 0 Å². The lowest BCUT2D eigenvalue weighted by Crippen LogP contribution is -3.14. The van der Waals surface area contributed by atoms with Crippen LogP contribution in [-0.4, -0.2) is 37.4 Å². The first kappa shape index (κ1) is 19.6. The van der Waals surface area contributed by atoms with E-state index < -0.39 is 0 Å². The number of thiophene rings is 1. The van der Waals surface area contributed by atoms with Crippen molar-refractivity contribution >= 4 is 28.4 Å². The molecule has 1 saturated heterocycles. The number of aryl methyl sites for hydroxylation is 1. The van der Waals surface area contributed by atoms with Crippen molar-refractivity contribution < 1.29 is 9.64 Å². The molecular weight excluding hydrogens is 386 g/mol. The molecule has 6 heteroatoms. The lowest BCUT2D eigenvalue weighted by Gasteiger charge is -2.23. The molecule has 148 valence electrons. The molecule has 4 nitrogen and oxygen atoms in total. The summed E-state index contributed by atoms with van der Waals surface area (Å²) in [4.78, 5) is 9.04. The molecule has 1 aliphatic rings. The molecule has 0 bridgehead atoms. The van der Waals surface area contributed by atoms with E-state index in [4.69, 9.17) is 9.73 Å². The molecule has 2 aromatic heterocycles. The summed E-state index contributed by atoms with van der Waals surface area (Å²) in [5.41, 5.74) is 3.68. The Bertz CT molecular complexity index is 920. The van der Waals surface area contributed by atoms with Crippen molar-refractivity contribution in [1.29, 1.82) is 0 Å². The fraction of sp³-hybridized carbons (Fsp3) is 0.409. The number of aromatic nitrogens is 1. The summed E-state index contributed by atoms with van der Waals surface area (Å²) in [5, 5.41) is 4.40. The van der Waals surface area contributed by atoms with Crippen LogP contribution < -0.4 is 9.70 Å². The van der Waals surface area contributed by atoms with Crippen molar-refractivity contribution in [3.8, 4) is 10.6 Å². The highest BCUT2D eigenvalue weighted by Crippen LogP contribution is 2.25. The number of rotatable bonds is 7. The van der Waals surface area contributed by atoms with Gasteiger partial charge in [0.05, 0.1) is 36.0 Å². The lowest BCUT2D eigenvalue weighted by molar-refractivity contribution is -0.908. The van der Waals surface area contributed by atoms with Crippen molar-refractivity contribution in [2.45, 2.75) is 26.3 Å². The van der Waals surface area contributed by atoms with E-state index in [9.17, 15) is 0 Å². The first-order valence-corrected chi connectivity index (χ1v) is 11.9. The van der Waals surface area contributed by atoms with E-state index in [-0.39, 0.29) is 0 Å². The average molecular weight is 415 g/mol. The van der Waals surface area contributed by atoms with Crippen molar-refractivity contribution in [2.75, 3.05) is 32.8 Å². The first-order valence-electron chi connectivity index (χ1n) is 10.1. The van der Waals surface area contributed by atoms with Crippen LogP contribution in [0.3, 0.4) is 0 Å². The zero-order chi connectivity index (χ0) is 19.2. The highest BCUT2D eigenvalue weighted by molar-refractivity contribution is 7.14. The minimum atomic E-state index is 0.899. The van der Waals surface area contributed by atoms with E-state index in [1.807, 2.05) is 0 Å². The summed E-state index contributed by atoms with van der Waals surface area (Å²) in [6.45, 7) is 8.45. The summed E-state index contributed by atoms with van der Waals surface area (Å²) in [7, 11) is 0. The van der Waals surface area contributed by atoms with Crippen LogP contribution in [-0.2, 0) is 17.7 Å². The minimum absolute atomic E-state index is 0.899. The fourth-order valence-electron chi connectivity index (χ4n) is 3.57. The molecule has 0 spiro atoms. The predicted octanol–water partition coefficient (Wildman–Crippen LogP) is 3.38. The van der Waals surface area contributed by atoms with Crippen molar-refractivity contribution in [3.63, 3.8) is 0 Å². The van der Waals surface area contributed by atoms with Gasteiger partial charge in [0, 0.05) is 18.3 Å². The molecule has 1 aromatic carbocycles. The highest BCUT2D eigenvalue weighted by atomic mass is 32.1. The van der Waals surface area contributed by atoms with Gasteiger partial charge in [-0.15, -0.1) is 22.7 Å². The van der Waals surface area contributed by atoms with Gasteiger partial charge in [-0.25, -0.2) is 4.99 Å². The van der Waals surface area contributed by atoms with Crippen LogP contribution in [0.15, 0.2) is 52.2 Å². The Morgan fingerprint density at radius 1 is 1.11 bits per heavy atom. The molecule has 0 aliphatic carbocycles. The van der Waals surface area contributed by atoms with E-state index in [1.165, 1.54) is 22.7 Å². The number of benzene rings is 1. The van der Waals surface area contributed by atoms with Crippen LogP contribution >= 0.6 is 22.7 Å². The fourth-order valence-corrected chi connectivity index (χ4v) is 5.34. The number of morpholine rings is 1. The third kappa shape index (κ3) is 4.81. The Balaban J connectivity index is 1.57. The number of hydrogen-bond acceptors (Lipinski definition) is 4. The van der Waals surface area contributed by atoms with E-state index in [0.717, 1.165) is 56.2 Å². The molecule has 3 heterocycles. The van der Waals surface area contributed by atoms with Gasteiger partial charge in [-0.1, -0.05) is 25.1 Å². The van der Waals surface area contributed by atoms with Gasteiger partial charge in [-0.2, -0.15) is 0 Å². The van der Waals surface area contributed by atoms with Crippen LogP contribution in [0.1, 0.15) is 18.9 Å². The summed E-state index contributed by atoms with van der Waals surface area (Å²) >= 11 is 3.54. The number of quaternary nitrogens is 1. The maximum Gasteiger partial charge on any atom is 0.190 e. The van der Waals surface area contributed by atoms with Crippen LogP contribution in [0.4, 0.5) is 5.69 Å². The van der Waals surface area contributed by atoms with Crippen molar-refractivity contribution in [3.05, 3.63) is 57.5 Å². The van der Waals surface area contributed by atoms with Gasteiger partial charge >= 0.3 is 0 Å². The monoisotopic (exact) mass is 414 g/mol. The van der Waals surface area contributed by atoms with Gasteiger partial charge in [-0.3, -0.25) is 0 Å². The van der Waals surface area contributed by atoms with Gasteiger partial charge < -0.3 is 14.2 Å². The maximum atomic E-state index is 5.48. The summed E-state index contributed by atoms with van der Waals surface area (Å²) < 4.78 is 7.89. The summed E-state index contributed by atoms with van der Waals surface area (Å²) in [6, 6.07) is 12.9. The Labute approximate surface area is 174 Å². The molecule has 1 N–H and O–H groups in total. The lowest BCUT2D eigenvalue weighted by atomic mass is 10.2. The molecule has 0 amide bonds. The van der Waals surface area contributed by atoms with Crippen molar-refractivity contribution in [2.24, 2.45) is 4.99 Å². The molecule has 0 unspecified atom stereocenters. The number of hydrogen-bond donors (Lipinski definition) is 1. The second-order valence-electron chi connectivity index (χ2n) is 7.13. The molecule has 3 aromatic rings. The molecule has 0 saturated carbocycles. The van der Waals surface area contributed by atoms with Gasteiger partial charge in [-0.05, 0) is 35.6 Å².